The molecule has 0 aliphatic rings. The largest absolute Gasteiger partial charge is 0.383 e. The molecule has 0 aliphatic carbocycles. The molecule has 0 amide bonds. The standard InChI is InChI=1S/C15H23N3OS/c1-4-6-13(14-7-5-10-20-14)18-9-8-16-15(18)17-12(2)11-19-3/h5,7-10,12-13H,4,6,11H2,1-3H3,(H,16,17). The number of hydrogen-bond donors (Lipinski definition) is 1. The van der Waals surface area contributed by atoms with Gasteiger partial charge in [-0.15, -0.1) is 11.3 Å². The highest BCUT2D eigenvalue weighted by Gasteiger charge is 2.17. The highest BCUT2D eigenvalue weighted by molar-refractivity contribution is 7.10. The van der Waals surface area contributed by atoms with E-state index in [-0.39, 0.29) is 6.04 Å². The maximum absolute atomic E-state index is 5.18. The molecule has 2 aromatic rings. The van der Waals surface area contributed by atoms with Crippen LogP contribution in [-0.4, -0.2) is 29.3 Å². The van der Waals surface area contributed by atoms with Gasteiger partial charge in [0, 0.05) is 30.4 Å². The third kappa shape index (κ3) is 3.61. The summed E-state index contributed by atoms with van der Waals surface area (Å²) in [6.07, 6.45) is 6.18. The lowest BCUT2D eigenvalue weighted by atomic mass is 10.1. The molecule has 0 aliphatic heterocycles. The van der Waals surface area contributed by atoms with Crippen molar-refractivity contribution < 1.29 is 4.74 Å². The zero-order valence-corrected chi connectivity index (χ0v) is 13.2. The Morgan fingerprint density at radius 2 is 2.35 bits per heavy atom. The Balaban J connectivity index is 2.19. The molecule has 5 heteroatoms. The van der Waals surface area contributed by atoms with Gasteiger partial charge in [0.2, 0.25) is 5.95 Å². The van der Waals surface area contributed by atoms with Gasteiger partial charge in [0.25, 0.3) is 0 Å². The number of anilines is 1. The second-order valence-corrected chi connectivity index (χ2v) is 5.96. The fraction of sp³-hybridized carbons (Fsp3) is 0.533. The van der Waals surface area contributed by atoms with Crippen molar-refractivity contribution in [2.24, 2.45) is 0 Å². The van der Waals surface area contributed by atoms with Crippen LogP contribution in [0.15, 0.2) is 29.9 Å². The van der Waals surface area contributed by atoms with Crippen LogP contribution in [-0.2, 0) is 4.74 Å². The lowest BCUT2D eigenvalue weighted by molar-refractivity contribution is 0.190. The minimum Gasteiger partial charge on any atom is -0.383 e. The van der Waals surface area contributed by atoms with Gasteiger partial charge in [-0.1, -0.05) is 19.4 Å². The van der Waals surface area contributed by atoms with Gasteiger partial charge >= 0.3 is 0 Å². The SMILES string of the molecule is CCCC(c1cccs1)n1ccnc1NC(C)COC. The number of ether oxygens (including phenoxy) is 1. The summed E-state index contributed by atoms with van der Waals surface area (Å²) in [6.45, 7) is 4.99. The quantitative estimate of drug-likeness (QED) is 0.805. The first-order chi connectivity index (χ1) is 9.76. The smallest absolute Gasteiger partial charge is 0.203 e. The molecule has 0 bridgehead atoms. The number of nitrogens with zero attached hydrogens (tertiary/aromatic N) is 2. The first kappa shape index (κ1) is 15.1. The molecule has 110 valence electrons. The summed E-state index contributed by atoms with van der Waals surface area (Å²) < 4.78 is 7.41. The van der Waals surface area contributed by atoms with Crippen LogP contribution in [0.4, 0.5) is 5.95 Å². The Morgan fingerprint density at radius 1 is 1.50 bits per heavy atom. The minimum absolute atomic E-state index is 0.242. The molecule has 0 spiro atoms. The summed E-state index contributed by atoms with van der Waals surface area (Å²) in [4.78, 5) is 5.83. The molecular weight excluding hydrogens is 270 g/mol. The summed E-state index contributed by atoms with van der Waals surface area (Å²) in [5.74, 6) is 0.918. The molecule has 2 heterocycles. The van der Waals surface area contributed by atoms with E-state index >= 15 is 0 Å². The van der Waals surface area contributed by atoms with E-state index in [1.807, 2.05) is 6.20 Å². The number of imidazole rings is 1. The van der Waals surface area contributed by atoms with Crippen LogP contribution in [0.2, 0.25) is 0 Å². The van der Waals surface area contributed by atoms with Crippen molar-refractivity contribution in [1.29, 1.82) is 0 Å². The van der Waals surface area contributed by atoms with Crippen LogP contribution in [0.3, 0.4) is 0 Å². The van der Waals surface area contributed by atoms with Crippen molar-refractivity contribution in [3.8, 4) is 0 Å². The molecule has 20 heavy (non-hydrogen) atoms. The summed E-state index contributed by atoms with van der Waals surface area (Å²) in [7, 11) is 1.72. The molecule has 0 saturated heterocycles. The van der Waals surface area contributed by atoms with Crippen molar-refractivity contribution in [3.63, 3.8) is 0 Å². The number of thiophene rings is 1. The topological polar surface area (TPSA) is 39.1 Å². The molecule has 0 radical (unpaired) electrons. The van der Waals surface area contributed by atoms with E-state index in [1.165, 1.54) is 4.88 Å². The number of hydrogen-bond acceptors (Lipinski definition) is 4. The van der Waals surface area contributed by atoms with Crippen LogP contribution in [0.5, 0.6) is 0 Å². The molecule has 0 fully saturated rings. The fourth-order valence-electron chi connectivity index (χ4n) is 2.36. The zero-order valence-electron chi connectivity index (χ0n) is 12.4. The van der Waals surface area contributed by atoms with Crippen LogP contribution in [0.1, 0.15) is 37.6 Å². The van der Waals surface area contributed by atoms with Crippen LogP contribution < -0.4 is 5.32 Å². The van der Waals surface area contributed by atoms with E-state index in [0.717, 1.165) is 18.8 Å². The van der Waals surface area contributed by atoms with Gasteiger partial charge in [-0.3, -0.25) is 0 Å². The Hall–Kier alpha value is -1.33. The predicted octanol–water partition coefficient (Wildman–Crippen LogP) is 3.78. The Labute approximate surface area is 124 Å². The van der Waals surface area contributed by atoms with Crippen molar-refractivity contribution >= 4 is 17.3 Å². The minimum atomic E-state index is 0.242. The van der Waals surface area contributed by atoms with Gasteiger partial charge in [0.1, 0.15) is 0 Å². The summed E-state index contributed by atoms with van der Waals surface area (Å²) in [5, 5.41) is 5.56. The molecule has 4 nitrogen and oxygen atoms in total. The van der Waals surface area contributed by atoms with E-state index in [1.54, 1.807) is 18.4 Å². The van der Waals surface area contributed by atoms with Crippen LogP contribution in [0.25, 0.3) is 0 Å². The lowest BCUT2D eigenvalue weighted by Gasteiger charge is -2.21. The average molecular weight is 293 g/mol. The number of nitrogens with one attached hydrogen (secondary N) is 1. The first-order valence-corrected chi connectivity index (χ1v) is 7.96. The maximum atomic E-state index is 5.18. The van der Waals surface area contributed by atoms with E-state index < -0.39 is 0 Å². The third-order valence-electron chi connectivity index (χ3n) is 3.23. The molecular formula is C15H23N3OS. The number of rotatable bonds is 8. The van der Waals surface area contributed by atoms with Crippen molar-refractivity contribution in [2.45, 2.75) is 38.8 Å². The van der Waals surface area contributed by atoms with Crippen LogP contribution in [0, 0.1) is 0 Å². The van der Waals surface area contributed by atoms with Crippen molar-refractivity contribution in [2.75, 3.05) is 19.0 Å². The molecule has 2 unspecified atom stereocenters. The predicted molar refractivity (Wildman–Crippen MR) is 84.6 cm³/mol. The molecule has 0 aromatic carbocycles. The maximum Gasteiger partial charge on any atom is 0.203 e. The lowest BCUT2D eigenvalue weighted by Crippen LogP contribution is -2.24. The number of aromatic nitrogens is 2. The third-order valence-corrected chi connectivity index (χ3v) is 4.20. The number of methoxy groups -OCH3 is 1. The molecule has 1 N–H and O–H groups in total. The van der Waals surface area contributed by atoms with E-state index in [4.69, 9.17) is 4.74 Å². The second-order valence-electron chi connectivity index (χ2n) is 4.98. The molecule has 0 saturated carbocycles. The average Bonchev–Trinajstić information content (AvgIpc) is 3.07. The summed E-state index contributed by atoms with van der Waals surface area (Å²) >= 11 is 1.81. The normalized spacial score (nSPS) is 14.2. The van der Waals surface area contributed by atoms with E-state index in [9.17, 15) is 0 Å². The summed E-state index contributed by atoms with van der Waals surface area (Å²) in [6, 6.07) is 4.92. The van der Waals surface area contributed by atoms with Gasteiger partial charge in [-0.05, 0) is 24.8 Å². The van der Waals surface area contributed by atoms with Gasteiger partial charge < -0.3 is 14.6 Å². The zero-order chi connectivity index (χ0) is 14.4. The highest BCUT2D eigenvalue weighted by atomic mass is 32.1. The highest BCUT2D eigenvalue weighted by Crippen LogP contribution is 2.29. The Morgan fingerprint density at radius 3 is 3.00 bits per heavy atom. The monoisotopic (exact) mass is 293 g/mol. The van der Waals surface area contributed by atoms with Crippen molar-refractivity contribution in [1.82, 2.24) is 9.55 Å². The van der Waals surface area contributed by atoms with Crippen molar-refractivity contribution in [3.05, 3.63) is 34.8 Å². The Bertz CT molecular complexity index is 495. The van der Waals surface area contributed by atoms with E-state index in [2.05, 4.69) is 52.4 Å². The molecule has 2 atom stereocenters. The molecule has 2 aromatic heterocycles. The van der Waals surface area contributed by atoms with Gasteiger partial charge in [0.15, 0.2) is 0 Å². The van der Waals surface area contributed by atoms with Gasteiger partial charge in [-0.2, -0.15) is 0 Å². The fourth-order valence-corrected chi connectivity index (χ4v) is 3.22. The second kappa shape index (κ2) is 7.45. The van der Waals surface area contributed by atoms with Crippen LogP contribution >= 0.6 is 11.3 Å². The Kier molecular flexibility index (Phi) is 5.61. The van der Waals surface area contributed by atoms with E-state index in [0.29, 0.717) is 12.6 Å². The summed E-state index contributed by atoms with van der Waals surface area (Å²) in [5.41, 5.74) is 0. The molecule has 2 rings (SSSR count). The first-order valence-electron chi connectivity index (χ1n) is 7.08. The van der Waals surface area contributed by atoms with Gasteiger partial charge in [0.05, 0.1) is 12.6 Å². The van der Waals surface area contributed by atoms with Gasteiger partial charge in [-0.25, -0.2) is 4.98 Å².